The number of carbonyl (C=O) groups excluding carboxylic acids is 1. The van der Waals surface area contributed by atoms with Crippen molar-refractivity contribution >= 4 is 21.8 Å². The molecule has 0 atom stereocenters. The van der Waals surface area contributed by atoms with Crippen molar-refractivity contribution < 1.29 is 9.18 Å². The minimum absolute atomic E-state index is 0.00938. The van der Waals surface area contributed by atoms with Crippen molar-refractivity contribution in [2.45, 2.75) is 13.0 Å². The molecule has 4 heteroatoms. The maximum absolute atomic E-state index is 13.3. The molecular weight excluding hydrogens is 261 g/mol. The van der Waals surface area contributed by atoms with Crippen LogP contribution in [0.5, 0.6) is 0 Å². The molecular formula is C11H13BrFNO. The average Bonchev–Trinajstić information content (AvgIpc) is 2.21. The lowest BCUT2D eigenvalue weighted by Gasteiger charge is -2.16. The predicted octanol–water partition coefficient (Wildman–Crippen LogP) is 2.57. The fraction of sp³-hybridized carbons (Fsp3) is 0.364. The summed E-state index contributed by atoms with van der Waals surface area (Å²) < 4.78 is 13.3. The maximum Gasteiger partial charge on any atom is 0.223 e. The number of hydrogen-bond acceptors (Lipinski definition) is 1. The highest BCUT2D eigenvalue weighted by Crippen LogP contribution is 2.09. The van der Waals surface area contributed by atoms with Gasteiger partial charge in [0.15, 0.2) is 0 Å². The van der Waals surface area contributed by atoms with Gasteiger partial charge >= 0.3 is 0 Å². The normalized spacial score (nSPS) is 10.1. The van der Waals surface area contributed by atoms with Crippen LogP contribution in [0, 0.1) is 5.82 Å². The summed E-state index contributed by atoms with van der Waals surface area (Å²) in [4.78, 5) is 13.0. The van der Waals surface area contributed by atoms with Gasteiger partial charge in [0.25, 0.3) is 0 Å². The molecule has 0 unspecified atom stereocenters. The number of amides is 1. The minimum Gasteiger partial charge on any atom is -0.341 e. The van der Waals surface area contributed by atoms with Gasteiger partial charge in [-0.05, 0) is 6.07 Å². The van der Waals surface area contributed by atoms with Gasteiger partial charge in [-0.1, -0.05) is 34.1 Å². The summed E-state index contributed by atoms with van der Waals surface area (Å²) in [5.41, 5.74) is 0.544. The lowest BCUT2D eigenvalue weighted by molar-refractivity contribution is -0.129. The molecule has 0 radical (unpaired) electrons. The Morgan fingerprint density at radius 1 is 1.47 bits per heavy atom. The van der Waals surface area contributed by atoms with Gasteiger partial charge < -0.3 is 4.90 Å². The molecule has 0 aliphatic carbocycles. The summed E-state index contributed by atoms with van der Waals surface area (Å²) in [6.45, 7) is 0.318. The highest BCUT2D eigenvalue weighted by Gasteiger charge is 2.10. The molecule has 1 amide bonds. The Hall–Kier alpha value is -0.900. The maximum atomic E-state index is 13.3. The van der Waals surface area contributed by atoms with Gasteiger partial charge in [-0.2, -0.15) is 0 Å². The van der Waals surface area contributed by atoms with Crippen LogP contribution >= 0.6 is 15.9 Å². The second-order valence-corrected chi connectivity index (χ2v) is 4.07. The van der Waals surface area contributed by atoms with Crippen LogP contribution in [0.15, 0.2) is 24.3 Å². The Morgan fingerprint density at radius 3 is 2.73 bits per heavy atom. The van der Waals surface area contributed by atoms with E-state index in [2.05, 4.69) is 15.9 Å². The highest BCUT2D eigenvalue weighted by molar-refractivity contribution is 9.09. The van der Waals surface area contributed by atoms with Crippen LogP contribution in [0.3, 0.4) is 0 Å². The molecule has 0 saturated carbocycles. The molecule has 0 aliphatic rings. The average molecular weight is 274 g/mol. The topological polar surface area (TPSA) is 20.3 Å². The third-order valence-electron chi connectivity index (χ3n) is 2.10. The van der Waals surface area contributed by atoms with Crippen molar-refractivity contribution in [3.05, 3.63) is 35.6 Å². The van der Waals surface area contributed by atoms with Crippen LogP contribution in [-0.4, -0.2) is 23.2 Å². The lowest BCUT2D eigenvalue weighted by Crippen LogP contribution is -2.26. The van der Waals surface area contributed by atoms with E-state index in [9.17, 15) is 9.18 Å². The standard InChI is InChI=1S/C11H13BrFNO/c1-14(11(15)6-7-12)8-9-4-2-3-5-10(9)13/h2-5H,6-8H2,1H3. The van der Waals surface area contributed by atoms with Gasteiger partial charge in [0.1, 0.15) is 5.82 Å². The van der Waals surface area contributed by atoms with Crippen LogP contribution in [0.2, 0.25) is 0 Å². The molecule has 2 nitrogen and oxygen atoms in total. The van der Waals surface area contributed by atoms with Gasteiger partial charge in [-0.25, -0.2) is 4.39 Å². The number of hydrogen-bond donors (Lipinski definition) is 0. The molecule has 0 bridgehead atoms. The lowest BCUT2D eigenvalue weighted by atomic mass is 10.2. The fourth-order valence-electron chi connectivity index (χ4n) is 1.24. The fourth-order valence-corrected chi connectivity index (χ4v) is 1.58. The number of alkyl halides is 1. The number of carbonyl (C=O) groups is 1. The zero-order valence-corrected chi connectivity index (χ0v) is 10.1. The van der Waals surface area contributed by atoms with Crippen LogP contribution in [0.25, 0.3) is 0 Å². The third kappa shape index (κ3) is 3.63. The smallest absolute Gasteiger partial charge is 0.223 e. The highest BCUT2D eigenvalue weighted by atomic mass is 79.9. The Labute approximate surface area is 97.2 Å². The Morgan fingerprint density at radius 2 is 2.13 bits per heavy atom. The summed E-state index contributed by atoms with van der Waals surface area (Å²) in [6.07, 6.45) is 0.435. The van der Waals surface area contributed by atoms with E-state index in [0.29, 0.717) is 23.9 Å². The van der Waals surface area contributed by atoms with Gasteiger partial charge in [0, 0.05) is 30.9 Å². The molecule has 0 saturated heterocycles. The monoisotopic (exact) mass is 273 g/mol. The van der Waals surface area contributed by atoms with Gasteiger partial charge in [0.2, 0.25) is 5.91 Å². The first-order valence-corrected chi connectivity index (χ1v) is 5.80. The molecule has 15 heavy (non-hydrogen) atoms. The summed E-state index contributed by atoms with van der Waals surface area (Å²) in [5.74, 6) is -0.258. The molecule has 82 valence electrons. The molecule has 0 aromatic heterocycles. The number of rotatable bonds is 4. The number of halogens is 2. The molecule has 0 fully saturated rings. The van der Waals surface area contributed by atoms with Gasteiger partial charge in [-0.3, -0.25) is 4.79 Å². The van der Waals surface area contributed by atoms with Gasteiger partial charge in [-0.15, -0.1) is 0 Å². The second-order valence-electron chi connectivity index (χ2n) is 3.28. The van der Waals surface area contributed by atoms with Crippen molar-refractivity contribution in [3.8, 4) is 0 Å². The molecule has 0 aliphatic heterocycles. The summed E-state index contributed by atoms with van der Waals surface area (Å²) in [5, 5.41) is 0.632. The van der Waals surface area contributed by atoms with E-state index in [4.69, 9.17) is 0 Å². The van der Waals surface area contributed by atoms with E-state index >= 15 is 0 Å². The van der Waals surface area contributed by atoms with Crippen molar-refractivity contribution in [1.82, 2.24) is 4.90 Å². The quantitative estimate of drug-likeness (QED) is 0.773. The zero-order chi connectivity index (χ0) is 11.3. The Balaban J connectivity index is 2.62. The summed E-state index contributed by atoms with van der Waals surface area (Å²) in [6, 6.07) is 6.49. The van der Waals surface area contributed by atoms with E-state index in [1.807, 2.05) is 0 Å². The zero-order valence-electron chi connectivity index (χ0n) is 8.54. The van der Waals surface area contributed by atoms with E-state index in [0.717, 1.165) is 0 Å². The Bertz CT molecular complexity index is 343. The van der Waals surface area contributed by atoms with Crippen molar-refractivity contribution in [2.75, 3.05) is 12.4 Å². The van der Waals surface area contributed by atoms with Crippen LogP contribution in [0.4, 0.5) is 4.39 Å². The molecule has 1 aromatic rings. The minimum atomic E-state index is -0.268. The molecule has 0 spiro atoms. The summed E-state index contributed by atoms with van der Waals surface area (Å²) >= 11 is 3.20. The van der Waals surface area contributed by atoms with Crippen molar-refractivity contribution in [2.24, 2.45) is 0 Å². The van der Waals surface area contributed by atoms with Crippen molar-refractivity contribution in [1.29, 1.82) is 0 Å². The molecule has 0 heterocycles. The number of nitrogens with zero attached hydrogens (tertiary/aromatic N) is 1. The number of benzene rings is 1. The third-order valence-corrected chi connectivity index (χ3v) is 2.50. The first-order valence-electron chi connectivity index (χ1n) is 4.68. The van der Waals surface area contributed by atoms with E-state index < -0.39 is 0 Å². The molecule has 1 aromatic carbocycles. The van der Waals surface area contributed by atoms with E-state index in [-0.39, 0.29) is 11.7 Å². The first kappa shape index (κ1) is 12.2. The van der Waals surface area contributed by atoms with Crippen molar-refractivity contribution in [3.63, 3.8) is 0 Å². The second kappa shape index (κ2) is 5.85. The SMILES string of the molecule is CN(Cc1ccccc1F)C(=O)CCBr. The van der Waals surface area contributed by atoms with Crippen LogP contribution in [0.1, 0.15) is 12.0 Å². The van der Waals surface area contributed by atoms with E-state index in [1.165, 1.54) is 11.0 Å². The Kier molecular flexibility index (Phi) is 4.75. The van der Waals surface area contributed by atoms with Gasteiger partial charge in [0.05, 0.1) is 0 Å². The first-order chi connectivity index (χ1) is 7.15. The molecule has 0 N–H and O–H groups in total. The predicted molar refractivity (Wildman–Crippen MR) is 61.3 cm³/mol. The van der Waals surface area contributed by atoms with Crippen LogP contribution < -0.4 is 0 Å². The molecule has 1 rings (SSSR count). The van der Waals surface area contributed by atoms with E-state index in [1.54, 1.807) is 25.2 Å². The largest absolute Gasteiger partial charge is 0.341 e. The van der Waals surface area contributed by atoms with Crippen LogP contribution in [-0.2, 0) is 11.3 Å². The summed E-state index contributed by atoms with van der Waals surface area (Å²) in [7, 11) is 1.68.